The van der Waals surface area contributed by atoms with Crippen LogP contribution in [0, 0.1) is 11.8 Å². The van der Waals surface area contributed by atoms with Gasteiger partial charge in [0.15, 0.2) is 0 Å². The SMILES string of the molecule is CCCc1ccc(C#Cc2ccc(CN(CC(=O)O)Cc3ccc(C(F)(F)F)cc3O)cc2)cc1. The highest BCUT2D eigenvalue weighted by Crippen LogP contribution is 2.33. The van der Waals surface area contributed by atoms with Crippen molar-refractivity contribution in [1.82, 2.24) is 4.90 Å². The van der Waals surface area contributed by atoms with Crippen molar-refractivity contribution in [2.24, 2.45) is 0 Å². The average Bonchev–Trinajstić information content (AvgIpc) is 2.80. The van der Waals surface area contributed by atoms with Crippen molar-refractivity contribution in [1.29, 1.82) is 0 Å². The molecule has 3 rings (SSSR count). The molecule has 0 amide bonds. The molecule has 7 heteroatoms. The molecule has 4 nitrogen and oxygen atoms in total. The lowest BCUT2D eigenvalue weighted by Gasteiger charge is -2.21. The van der Waals surface area contributed by atoms with E-state index in [9.17, 15) is 28.2 Å². The number of aliphatic carboxylic acids is 1. The Balaban J connectivity index is 1.69. The van der Waals surface area contributed by atoms with E-state index >= 15 is 0 Å². The largest absolute Gasteiger partial charge is 0.508 e. The van der Waals surface area contributed by atoms with Crippen LogP contribution >= 0.6 is 0 Å². The molecule has 0 aliphatic carbocycles. The molecule has 3 aromatic carbocycles. The van der Waals surface area contributed by atoms with Crippen LogP contribution in [0.15, 0.2) is 66.7 Å². The van der Waals surface area contributed by atoms with E-state index in [1.165, 1.54) is 16.5 Å². The summed E-state index contributed by atoms with van der Waals surface area (Å²) in [5, 5.41) is 19.3. The minimum Gasteiger partial charge on any atom is -0.508 e. The van der Waals surface area contributed by atoms with Gasteiger partial charge in [0.05, 0.1) is 12.1 Å². The van der Waals surface area contributed by atoms with Crippen LogP contribution in [-0.4, -0.2) is 27.6 Å². The van der Waals surface area contributed by atoms with Gasteiger partial charge >= 0.3 is 12.1 Å². The smallest absolute Gasteiger partial charge is 0.416 e. The third-order valence-corrected chi connectivity index (χ3v) is 5.37. The predicted octanol–water partition coefficient (Wildman–Crippen LogP) is 5.85. The van der Waals surface area contributed by atoms with Gasteiger partial charge in [-0.3, -0.25) is 9.69 Å². The molecule has 0 aromatic heterocycles. The summed E-state index contributed by atoms with van der Waals surface area (Å²) in [6.45, 7) is 2.01. The molecule has 3 aromatic rings. The first kappa shape index (κ1) is 25.9. The number of alkyl halides is 3. The van der Waals surface area contributed by atoms with Crippen LogP contribution in [0.1, 0.15) is 46.7 Å². The molecule has 0 saturated carbocycles. The Kier molecular flexibility index (Phi) is 8.56. The molecule has 0 atom stereocenters. The third kappa shape index (κ3) is 7.90. The summed E-state index contributed by atoms with van der Waals surface area (Å²) in [6, 6.07) is 18.2. The second-order valence-corrected chi connectivity index (χ2v) is 8.27. The van der Waals surface area contributed by atoms with E-state index in [2.05, 4.69) is 30.9 Å². The number of aryl methyl sites for hydroxylation is 1. The van der Waals surface area contributed by atoms with E-state index in [0.717, 1.165) is 35.6 Å². The number of phenolic OH excluding ortho intramolecular Hbond substituents is 1. The van der Waals surface area contributed by atoms with Crippen LogP contribution in [-0.2, 0) is 30.5 Å². The third-order valence-electron chi connectivity index (χ3n) is 5.37. The number of carbonyl (C=O) groups is 1. The molecule has 0 bridgehead atoms. The quantitative estimate of drug-likeness (QED) is 0.396. The van der Waals surface area contributed by atoms with Crippen LogP contribution in [0.25, 0.3) is 0 Å². The number of aromatic hydroxyl groups is 1. The number of halogens is 3. The van der Waals surface area contributed by atoms with Crippen molar-refractivity contribution >= 4 is 5.97 Å². The molecule has 2 N–H and O–H groups in total. The molecule has 0 saturated heterocycles. The van der Waals surface area contributed by atoms with Gasteiger partial charge in [-0.1, -0.05) is 55.5 Å². The summed E-state index contributed by atoms with van der Waals surface area (Å²) in [5.41, 5.74) is 3.06. The van der Waals surface area contributed by atoms with Crippen molar-refractivity contribution in [3.63, 3.8) is 0 Å². The lowest BCUT2D eigenvalue weighted by Crippen LogP contribution is -2.29. The predicted molar refractivity (Wildman–Crippen MR) is 128 cm³/mol. The van der Waals surface area contributed by atoms with E-state index in [4.69, 9.17) is 0 Å². The molecule has 0 heterocycles. The fraction of sp³-hybridized carbons (Fsp3) is 0.250. The van der Waals surface area contributed by atoms with Crippen molar-refractivity contribution in [2.45, 2.75) is 39.0 Å². The van der Waals surface area contributed by atoms with E-state index in [-0.39, 0.29) is 25.2 Å². The lowest BCUT2D eigenvalue weighted by atomic mass is 10.1. The Labute approximate surface area is 202 Å². The normalized spacial score (nSPS) is 11.2. The minimum atomic E-state index is -4.57. The Bertz CT molecular complexity index is 1210. The number of nitrogens with zero attached hydrogens (tertiary/aromatic N) is 1. The van der Waals surface area contributed by atoms with Gasteiger partial charge in [-0.15, -0.1) is 0 Å². The number of benzene rings is 3. The zero-order valence-electron chi connectivity index (χ0n) is 19.3. The van der Waals surface area contributed by atoms with Gasteiger partial charge in [0.2, 0.25) is 0 Å². The molecule has 0 unspecified atom stereocenters. The first-order valence-electron chi connectivity index (χ1n) is 11.2. The van der Waals surface area contributed by atoms with Gasteiger partial charge in [-0.25, -0.2) is 0 Å². The summed E-state index contributed by atoms with van der Waals surface area (Å²) in [6.07, 6.45) is -2.45. The Morgan fingerprint density at radius 2 is 1.46 bits per heavy atom. The van der Waals surface area contributed by atoms with Crippen molar-refractivity contribution in [3.8, 4) is 17.6 Å². The van der Waals surface area contributed by atoms with Crippen LogP contribution in [0.4, 0.5) is 13.2 Å². The summed E-state index contributed by atoms with van der Waals surface area (Å²) in [7, 11) is 0. The van der Waals surface area contributed by atoms with E-state index < -0.39 is 23.5 Å². The molecular weight excluding hydrogens is 455 g/mol. The first-order chi connectivity index (χ1) is 16.6. The van der Waals surface area contributed by atoms with Gasteiger partial charge < -0.3 is 10.2 Å². The molecule has 0 radical (unpaired) electrons. The van der Waals surface area contributed by atoms with Crippen molar-refractivity contribution < 1.29 is 28.2 Å². The Hall–Kier alpha value is -3.76. The van der Waals surface area contributed by atoms with Gasteiger partial charge in [-0.05, 0) is 53.9 Å². The highest BCUT2D eigenvalue weighted by Gasteiger charge is 2.31. The Morgan fingerprint density at radius 3 is 1.94 bits per heavy atom. The highest BCUT2D eigenvalue weighted by atomic mass is 19.4. The average molecular weight is 482 g/mol. The van der Waals surface area contributed by atoms with Crippen LogP contribution in [0.5, 0.6) is 5.75 Å². The van der Waals surface area contributed by atoms with Gasteiger partial charge in [-0.2, -0.15) is 13.2 Å². The van der Waals surface area contributed by atoms with Crippen LogP contribution < -0.4 is 0 Å². The topological polar surface area (TPSA) is 60.8 Å². The number of carboxylic acids is 1. The minimum absolute atomic E-state index is 0.0220. The van der Waals surface area contributed by atoms with Gasteiger partial charge in [0.1, 0.15) is 5.75 Å². The maximum Gasteiger partial charge on any atom is 0.416 e. The number of hydrogen-bond acceptors (Lipinski definition) is 3. The fourth-order valence-corrected chi connectivity index (χ4v) is 3.61. The standard InChI is InChI=1S/C28H26F3NO3/c1-2-3-20-4-6-21(7-5-20)8-9-22-10-12-23(13-11-22)17-32(19-27(34)35)18-24-14-15-25(16-26(24)33)28(29,30)31/h4-7,10-16,33H,2-3,17-19H2,1H3,(H,34,35). The van der Waals surface area contributed by atoms with Gasteiger partial charge in [0, 0.05) is 29.8 Å². The van der Waals surface area contributed by atoms with E-state index in [1.54, 1.807) is 0 Å². The molecule has 0 aliphatic heterocycles. The summed E-state index contributed by atoms with van der Waals surface area (Å²) in [5.74, 6) is 4.63. The lowest BCUT2D eigenvalue weighted by molar-refractivity contribution is -0.139. The molecule has 0 fully saturated rings. The highest BCUT2D eigenvalue weighted by molar-refractivity contribution is 5.69. The van der Waals surface area contributed by atoms with Crippen LogP contribution in [0.3, 0.4) is 0 Å². The monoisotopic (exact) mass is 481 g/mol. The molecule has 182 valence electrons. The second kappa shape index (κ2) is 11.6. The maximum absolute atomic E-state index is 12.8. The summed E-state index contributed by atoms with van der Waals surface area (Å²) < 4.78 is 38.5. The van der Waals surface area contributed by atoms with E-state index in [1.807, 2.05) is 36.4 Å². The first-order valence-corrected chi connectivity index (χ1v) is 11.2. The number of carboxylic acid groups (broad SMARTS) is 1. The molecular formula is C28H26F3NO3. The molecule has 0 spiro atoms. The van der Waals surface area contributed by atoms with Crippen molar-refractivity contribution in [3.05, 3.63) is 100 Å². The maximum atomic E-state index is 12.8. The number of hydrogen-bond donors (Lipinski definition) is 2. The number of phenols is 1. The fourth-order valence-electron chi connectivity index (χ4n) is 3.61. The van der Waals surface area contributed by atoms with Crippen molar-refractivity contribution in [2.75, 3.05) is 6.54 Å². The Morgan fingerprint density at radius 1 is 0.886 bits per heavy atom. The van der Waals surface area contributed by atoms with E-state index in [0.29, 0.717) is 6.07 Å². The number of rotatable bonds is 8. The molecule has 35 heavy (non-hydrogen) atoms. The van der Waals surface area contributed by atoms with Crippen LogP contribution in [0.2, 0.25) is 0 Å². The summed E-state index contributed by atoms with van der Waals surface area (Å²) in [4.78, 5) is 12.9. The molecule has 0 aliphatic rings. The summed E-state index contributed by atoms with van der Waals surface area (Å²) >= 11 is 0. The van der Waals surface area contributed by atoms with Gasteiger partial charge in [0.25, 0.3) is 0 Å². The zero-order valence-corrected chi connectivity index (χ0v) is 19.3. The second-order valence-electron chi connectivity index (χ2n) is 8.27. The zero-order chi connectivity index (χ0) is 25.4.